The number of hydrogen-bond donors (Lipinski definition) is 1. The minimum Gasteiger partial charge on any atom is -0.463 e. The van der Waals surface area contributed by atoms with E-state index in [9.17, 15) is 9.59 Å². The van der Waals surface area contributed by atoms with Crippen LogP contribution in [0.2, 0.25) is 0 Å². The molecule has 25 heavy (non-hydrogen) atoms. The molecule has 1 aliphatic rings. The Morgan fingerprint density at radius 2 is 1.96 bits per heavy atom. The highest BCUT2D eigenvalue weighted by Crippen LogP contribution is 2.27. The van der Waals surface area contributed by atoms with Gasteiger partial charge in [0.05, 0.1) is 0 Å². The summed E-state index contributed by atoms with van der Waals surface area (Å²) in [5, 5.41) is 10.7. The Morgan fingerprint density at radius 3 is 2.56 bits per heavy atom. The van der Waals surface area contributed by atoms with E-state index in [0.717, 1.165) is 12.8 Å². The molecule has 0 aromatic carbocycles. The highest BCUT2D eigenvalue weighted by molar-refractivity contribution is 5.68. The fourth-order valence-electron chi connectivity index (χ4n) is 2.32. The Hall–Kier alpha value is -2.16. The first kappa shape index (κ1) is 19.2. The number of amides is 1. The van der Waals surface area contributed by atoms with Crippen LogP contribution < -0.4 is 5.32 Å². The number of carbonyl (C=O) groups is 2. The zero-order valence-electron chi connectivity index (χ0n) is 15.0. The zero-order valence-corrected chi connectivity index (χ0v) is 15.0. The molecule has 1 aromatic rings. The summed E-state index contributed by atoms with van der Waals surface area (Å²) in [6, 6.07) is -0.778. The molecular weight excluding hydrogens is 330 g/mol. The van der Waals surface area contributed by atoms with E-state index in [1.54, 1.807) is 20.8 Å². The van der Waals surface area contributed by atoms with Crippen molar-refractivity contribution in [1.29, 1.82) is 0 Å². The second-order valence-corrected chi connectivity index (χ2v) is 6.87. The number of carbonyl (C=O) groups excluding carboxylic acids is 2. The van der Waals surface area contributed by atoms with Crippen LogP contribution in [-0.4, -0.2) is 47.7 Å². The second kappa shape index (κ2) is 8.28. The van der Waals surface area contributed by atoms with Gasteiger partial charge in [-0.15, -0.1) is 10.2 Å². The SMILES string of the molecule is CC(=O)OCC(NC(=O)OC(C)(C)C)c1nnc(C2CCOCC2)o1. The van der Waals surface area contributed by atoms with Gasteiger partial charge in [0, 0.05) is 26.1 Å². The van der Waals surface area contributed by atoms with Gasteiger partial charge >= 0.3 is 12.1 Å². The molecule has 2 rings (SSSR count). The highest BCUT2D eigenvalue weighted by atomic mass is 16.6. The van der Waals surface area contributed by atoms with Crippen LogP contribution in [0.4, 0.5) is 4.79 Å². The number of aromatic nitrogens is 2. The standard InChI is InChI=1S/C16H25N3O6/c1-10(20)23-9-12(17-15(21)25-16(2,3)4)14-19-18-13(24-14)11-5-7-22-8-6-11/h11-12H,5-9H2,1-4H3,(H,17,21). The largest absolute Gasteiger partial charge is 0.463 e. The molecule has 1 fully saturated rings. The van der Waals surface area contributed by atoms with Crippen LogP contribution in [0.5, 0.6) is 0 Å². The molecule has 140 valence electrons. The molecule has 1 N–H and O–H groups in total. The van der Waals surface area contributed by atoms with Gasteiger partial charge in [-0.05, 0) is 33.6 Å². The fraction of sp³-hybridized carbons (Fsp3) is 0.750. The summed E-state index contributed by atoms with van der Waals surface area (Å²) in [5.74, 6) is 0.330. The molecule has 9 nitrogen and oxygen atoms in total. The van der Waals surface area contributed by atoms with Gasteiger partial charge in [-0.2, -0.15) is 0 Å². The lowest BCUT2D eigenvalue weighted by Crippen LogP contribution is -2.37. The van der Waals surface area contributed by atoms with Gasteiger partial charge in [0.2, 0.25) is 11.8 Å². The third-order valence-corrected chi connectivity index (χ3v) is 3.47. The Kier molecular flexibility index (Phi) is 6.35. The number of nitrogens with zero attached hydrogens (tertiary/aromatic N) is 2. The number of rotatable bonds is 5. The second-order valence-electron chi connectivity index (χ2n) is 6.87. The minimum absolute atomic E-state index is 0.121. The Bertz CT molecular complexity index is 589. The van der Waals surface area contributed by atoms with E-state index < -0.39 is 23.7 Å². The van der Waals surface area contributed by atoms with Crippen molar-refractivity contribution in [3.8, 4) is 0 Å². The van der Waals surface area contributed by atoms with Gasteiger partial charge in [-0.25, -0.2) is 4.79 Å². The van der Waals surface area contributed by atoms with Crippen LogP contribution in [0, 0.1) is 0 Å². The van der Waals surface area contributed by atoms with Crippen molar-refractivity contribution in [2.24, 2.45) is 0 Å². The van der Waals surface area contributed by atoms with Crippen molar-refractivity contribution in [2.75, 3.05) is 19.8 Å². The Morgan fingerprint density at radius 1 is 1.28 bits per heavy atom. The van der Waals surface area contributed by atoms with Crippen molar-refractivity contribution < 1.29 is 28.2 Å². The van der Waals surface area contributed by atoms with Crippen molar-refractivity contribution >= 4 is 12.1 Å². The first-order valence-electron chi connectivity index (χ1n) is 8.28. The minimum atomic E-state index is -0.778. The number of hydrogen-bond acceptors (Lipinski definition) is 8. The summed E-state index contributed by atoms with van der Waals surface area (Å²) in [5.41, 5.74) is -0.655. The first-order valence-corrected chi connectivity index (χ1v) is 8.28. The van der Waals surface area contributed by atoms with E-state index in [0.29, 0.717) is 19.1 Å². The monoisotopic (exact) mass is 355 g/mol. The third kappa shape index (κ3) is 6.33. The number of alkyl carbamates (subject to hydrolysis) is 1. The van der Waals surface area contributed by atoms with Gasteiger partial charge in [-0.1, -0.05) is 0 Å². The molecule has 0 bridgehead atoms. The molecule has 1 amide bonds. The molecule has 1 unspecified atom stereocenters. The maximum atomic E-state index is 12.0. The lowest BCUT2D eigenvalue weighted by Gasteiger charge is -2.22. The molecule has 2 heterocycles. The zero-order chi connectivity index (χ0) is 18.4. The topological polar surface area (TPSA) is 113 Å². The molecule has 0 radical (unpaired) electrons. The average Bonchev–Trinajstić information content (AvgIpc) is 3.00. The van der Waals surface area contributed by atoms with Crippen LogP contribution in [0.25, 0.3) is 0 Å². The van der Waals surface area contributed by atoms with E-state index in [-0.39, 0.29) is 18.4 Å². The van der Waals surface area contributed by atoms with E-state index in [2.05, 4.69) is 15.5 Å². The third-order valence-electron chi connectivity index (χ3n) is 3.47. The van der Waals surface area contributed by atoms with Gasteiger partial charge in [0.25, 0.3) is 0 Å². The molecule has 0 saturated carbocycles. The summed E-state index contributed by atoms with van der Waals surface area (Å²) in [6.45, 7) is 7.72. The molecule has 1 atom stereocenters. The summed E-state index contributed by atoms with van der Waals surface area (Å²) in [7, 11) is 0. The fourth-order valence-corrected chi connectivity index (χ4v) is 2.32. The maximum Gasteiger partial charge on any atom is 0.408 e. The highest BCUT2D eigenvalue weighted by Gasteiger charge is 2.28. The van der Waals surface area contributed by atoms with Crippen molar-refractivity contribution in [1.82, 2.24) is 15.5 Å². The van der Waals surface area contributed by atoms with E-state index in [1.165, 1.54) is 6.92 Å². The number of esters is 1. The molecule has 9 heteroatoms. The summed E-state index contributed by atoms with van der Waals surface area (Å²) < 4.78 is 21.2. The Balaban J connectivity index is 2.07. The number of nitrogens with one attached hydrogen (secondary N) is 1. The van der Waals surface area contributed by atoms with E-state index in [1.807, 2.05) is 0 Å². The molecule has 0 aliphatic carbocycles. The first-order chi connectivity index (χ1) is 11.7. The van der Waals surface area contributed by atoms with Crippen LogP contribution in [-0.2, 0) is 19.0 Å². The Labute approximate surface area is 146 Å². The van der Waals surface area contributed by atoms with Crippen LogP contribution in [0.1, 0.15) is 64.3 Å². The van der Waals surface area contributed by atoms with Gasteiger partial charge in [0.15, 0.2) is 0 Å². The molecule has 0 spiro atoms. The molecule has 1 aliphatic heterocycles. The van der Waals surface area contributed by atoms with Gasteiger partial charge in [-0.3, -0.25) is 4.79 Å². The lowest BCUT2D eigenvalue weighted by molar-refractivity contribution is -0.141. The predicted molar refractivity (Wildman–Crippen MR) is 85.8 cm³/mol. The van der Waals surface area contributed by atoms with Crippen molar-refractivity contribution in [3.05, 3.63) is 11.8 Å². The van der Waals surface area contributed by atoms with Crippen LogP contribution in [0.3, 0.4) is 0 Å². The quantitative estimate of drug-likeness (QED) is 0.799. The molecule has 1 saturated heterocycles. The van der Waals surface area contributed by atoms with Gasteiger partial charge in [0.1, 0.15) is 18.2 Å². The summed E-state index contributed by atoms with van der Waals surface area (Å²) in [6.07, 6.45) is 0.946. The smallest absolute Gasteiger partial charge is 0.408 e. The van der Waals surface area contributed by atoms with Crippen LogP contribution in [0.15, 0.2) is 4.42 Å². The molecular formula is C16H25N3O6. The summed E-state index contributed by atoms with van der Waals surface area (Å²) in [4.78, 5) is 23.1. The van der Waals surface area contributed by atoms with Gasteiger partial charge < -0.3 is 23.9 Å². The lowest BCUT2D eigenvalue weighted by atomic mass is 10.0. The van der Waals surface area contributed by atoms with E-state index >= 15 is 0 Å². The number of ether oxygens (including phenoxy) is 3. The maximum absolute atomic E-state index is 12.0. The normalized spacial score (nSPS) is 17.0. The predicted octanol–water partition coefficient (Wildman–Crippen LogP) is 2.09. The average molecular weight is 355 g/mol. The van der Waals surface area contributed by atoms with E-state index in [4.69, 9.17) is 18.6 Å². The summed E-state index contributed by atoms with van der Waals surface area (Å²) >= 11 is 0. The van der Waals surface area contributed by atoms with Crippen LogP contribution >= 0.6 is 0 Å². The molecule has 1 aromatic heterocycles. The van der Waals surface area contributed by atoms with Crippen molar-refractivity contribution in [3.63, 3.8) is 0 Å². The van der Waals surface area contributed by atoms with Crippen molar-refractivity contribution in [2.45, 2.75) is 58.1 Å².